The maximum atomic E-state index is 13.0. The second kappa shape index (κ2) is 9.32. The number of hydrogen-bond acceptors (Lipinski definition) is 4. The first-order chi connectivity index (χ1) is 14.3. The van der Waals surface area contributed by atoms with Gasteiger partial charge in [0, 0.05) is 34.8 Å². The first-order valence-corrected chi connectivity index (χ1v) is 10.1. The molecule has 0 bridgehead atoms. The van der Waals surface area contributed by atoms with E-state index in [0.717, 1.165) is 22.2 Å². The van der Waals surface area contributed by atoms with Gasteiger partial charge >= 0.3 is 0 Å². The first-order valence-electron chi connectivity index (χ1n) is 9.71. The summed E-state index contributed by atoms with van der Waals surface area (Å²) < 4.78 is 7.08. The van der Waals surface area contributed by atoms with E-state index < -0.39 is 0 Å². The van der Waals surface area contributed by atoms with Crippen molar-refractivity contribution in [3.63, 3.8) is 0 Å². The molecule has 0 fully saturated rings. The van der Waals surface area contributed by atoms with E-state index in [9.17, 15) is 9.59 Å². The average Bonchev–Trinajstić information content (AvgIpc) is 2.98. The van der Waals surface area contributed by atoms with Crippen LogP contribution in [0.15, 0.2) is 42.5 Å². The molecule has 0 aliphatic carbocycles. The number of amides is 1. The highest BCUT2D eigenvalue weighted by molar-refractivity contribution is 6.30. The monoisotopic (exact) mass is 427 g/mol. The zero-order valence-corrected chi connectivity index (χ0v) is 18.4. The third kappa shape index (κ3) is 4.83. The SMILES string of the molecule is COc1ccc2c(c1)c(CC(=O)Nc1ccc(Cl)cc1)c(C)n2C(=O)CCN(C)C. The second-order valence-electron chi connectivity index (χ2n) is 7.46. The third-order valence-corrected chi connectivity index (χ3v) is 5.28. The number of fused-ring (bicyclic) bond motifs is 1. The van der Waals surface area contributed by atoms with Crippen molar-refractivity contribution >= 4 is 40.0 Å². The van der Waals surface area contributed by atoms with Gasteiger partial charge in [0.25, 0.3) is 0 Å². The van der Waals surface area contributed by atoms with E-state index in [0.29, 0.717) is 29.4 Å². The van der Waals surface area contributed by atoms with E-state index in [1.807, 2.05) is 44.1 Å². The van der Waals surface area contributed by atoms with Crippen LogP contribution < -0.4 is 10.1 Å². The lowest BCUT2D eigenvalue weighted by Gasteiger charge is -2.11. The van der Waals surface area contributed by atoms with Crippen LogP contribution in [-0.2, 0) is 11.2 Å². The van der Waals surface area contributed by atoms with Gasteiger partial charge in [-0.15, -0.1) is 0 Å². The van der Waals surface area contributed by atoms with Crippen molar-refractivity contribution in [1.82, 2.24) is 9.47 Å². The van der Waals surface area contributed by atoms with Crippen molar-refractivity contribution in [3.05, 3.63) is 58.7 Å². The lowest BCUT2D eigenvalue weighted by atomic mass is 10.1. The normalized spacial score (nSPS) is 11.1. The molecule has 1 amide bonds. The number of carbonyl (C=O) groups is 2. The molecule has 0 saturated heterocycles. The summed E-state index contributed by atoms with van der Waals surface area (Å²) in [5, 5.41) is 4.34. The predicted octanol–water partition coefficient (Wildman–Crippen LogP) is 4.38. The Morgan fingerprint density at radius 1 is 1.13 bits per heavy atom. The molecule has 0 atom stereocenters. The van der Waals surface area contributed by atoms with Crippen LogP contribution in [0.3, 0.4) is 0 Å². The van der Waals surface area contributed by atoms with Crippen LogP contribution in [-0.4, -0.2) is 49.0 Å². The van der Waals surface area contributed by atoms with Gasteiger partial charge in [-0.05, 0) is 69.0 Å². The Morgan fingerprint density at radius 2 is 1.83 bits per heavy atom. The van der Waals surface area contributed by atoms with Crippen LogP contribution in [0.25, 0.3) is 10.9 Å². The molecular weight excluding hydrogens is 402 g/mol. The third-order valence-electron chi connectivity index (χ3n) is 5.03. The highest BCUT2D eigenvalue weighted by atomic mass is 35.5. The van der Waals surface area contributed by atoms with Gasteiger partial charge in [0.1, 0.15) is 5.75 Å². The Balaban J connectivity index is 1.95. The van der Waals surface area contributed by atoms with Gasteiger partial charge in [-0.2, -0.15) is 0 Å². The van der Waals surface area contributed by atoms with E-state index in [-0.39, 0.29) is 18.2 Å². The number of anilines is 1. The molecule has 0 aliphatic rings. The molecule has 0 unspecified atom stereocenters. The number of halogens is 1. The van der Waals surface area contributed by atoms with Gasteiger partial charge in [-0.3, -0.25) is 14.2 Å². The maximum absolute atomic E-state index is 13.0. The molecule has 3 aromatic rings. The van der Waals surface area contributed by atoms with Gasteiger partial charge in [0.15, 0.2) is 0 Å². The van der Waals surface area contributed by atoms with Crippen molar-refractivity contribution in [2.45, 2.75) is 19.8 Å². The van der Waals surface area contributed by atoms with E-state index in [2.05, 4.69) is 5.32 Å². The highest BCUT2D eigenvalue weighted by Gasteiger charge is 2.21. The number of aromatic nitrogens is 1. The minimum Gasteiger partial charge on any atom is -0.497 e. The summed E-state index contributed by atoms with van der Waals surface area (Å²) in [6.07, 6.45) is 0.534. The Labute approximate surface area is 181 Å². The predicted molar refractivity (Wildman–Crippen MR) is 121 cm³/mol. The molecular formula is C23H26ClN3O3. The fourth-order valence-electron chi connectivity index (χ4n) is 3.46. The number of benzene rings is 2. The number of hydrogen-bond donors (Lipinski definition) is 1. The summed E-state index contributed by atoms with van der Waals surface area (Å²) >= 11 is 5.91. The topological polar surface area (TPSA) is 63.6 Å². The van der Waals surface area contributed by atoms with Crippen molar-refractivity contribution in [3.8, 4) is 5.75 Å². The van der Waals surface area contributed by atoms with Gasteiger partial charge in [0.2, 0.25) is 11.8 Å². The largest absolute Gasteiger partial charge is 0.497 e. The molecule has 0 spiro atoms. The van der Waals surface area contributed by atoms with E-state index in [1.165, 1.54) is 0 Å². The molecule has 2 aromatic carbocycles. The molecule has 0 radical (unpaired) electrons. The molecule has 6 nitrogen and oxygen atoms in total. The van der Waals surface area contributed by atoms with Crippen LogP contribution in [0.4, 0.5) is 5.69 Å². The first kappa shape index (κ1) is 21.9. The summed E-state index contributed by atoms with van der Waals surface area (Å²) in [4.78, 5) is 27.7. The molecule has 158 valence electrons. The molecule has 1 heterocycles. The zero-order valence-electron chi connectivity index (χ0n) is 17.7. The van der Waals surface area contributed by atoms with E-state index in [1.54, 1.807) is 35.9 Å². The minimum absolute atomic E-state index is 0.000672. The zero-order chi connectivity index (χ0) is 21.8. The second-order valence-corrected chi connectivity index (χ2v) is 7.90. The van der Waals surface area contributed by atoms with Crippen LogP contribution in [0, 0.1) is 6.92 Å². The standard InChI is InChI=1S/C23H26ClN3O3/c1-15-19(14-22(28)25-17-7-5-16(24)6-8-17)20-13-18(30-4)9-10-21(20)27(15)23(29)11-12-26(2)3/h5-10,13H,11-12,14H2,1-4H3,(H,25,28). The highest BCUT2D eigenvalue weighted by Crippen LogP contribution is 2.30. The lowest BCUT2D eigenvalue weighted by Crippen LogP contribution is -2.21. The average molecular weight is 428 g/mol. The molecule has 30 heavy (non-hydrogen) atoms. The Bertz CT molecular complexity index is 1070. The van der Waals surface area contributed by atoms with Crippen LogP contribution in [0.2, 0.25) is 5.02 Å². The van der Waals surface area contributed by atoms with Gasteiger partial charge in [-0.25, -0.2) is 0 Å². The van der Waals surface area contributed by atoms with Crippen molar-refractivity contribution < 1.29 is 14.3 Å². The molecule has 0 saturated carbocycles. The molecule has 7 heteroatoms. The number of ether oxygens (including phenoxy) is 1. The molecule has 0 aliphatic heterocycles. The number of carbonyl (C=O) groups excluding carboxylic acids is 2. The number of methoxy groups -OCH3 is 1. The summed E-state index contributed by atoms with van der Waals surface area (Å²) in [5.41, 5.74) is 3.04. The Kier molecular flexibility index (Phi) is 6.80. The molecule has 1 aromatic heterocycles. The smallest absolute Gasteiger partial charge is 0.232 e. The summed E-state index contributed by atoms with van der Waals surface area (Å²) in [6.45, 7) is 2.53. The van der Waals surface area contributed by atoms with Crippen LogP contribution in [0.1, 0.15) is 22.5 Å². The summed E-state index contributed by atoms with van der Waals surface area (Å²) in [6, 6.07) is 12.5. The summed E-state index contributed by atoms with van der Waals surface area (Å²) in [7, 11) is 5.47. The number of rotatable bonds is 7. The van der Waals surface area contributed by atoms with Crippen molar-refractivity contribution in [2.75, 3.05) is 33.1 Å². The van der Waals surface area contributed by atoms with Crippen molar-refractivity contribution in [1.29, 1.82) is 0 Å². The Hall–Kier alpha value is -2.83. The molecule has 3 rings (SSSR count). The van der Waals surface area contributed by atoms with Gasteiger partial charge in [-0.1, -0.05) is 11.6 Å². The quantitative estimate of drug-likeness (QED) is 0.607. The van der Waals surface area contributed by atoms with Gasteiger partial charge in [0.05, 0.1) is 19.0 Å². The minimum atomic E-state index is -0.164. The Morgan fingerprint density at radius 3 is 2.47 bits per heavy atom. The lowest BCUT2D eigenvalue weighted by molar-refractivity contribution is -0.115. The maximum Gasteiger partial charge on any atom is 0.232 e. The fraction of sp³-hybridized carbons (Fsp3) is 0.304. The fourth-order valence-corrected chi connectivity index (χ4v) is 3.59. The van der Waals surface area contributed by atoms with E-state index >= 15 is 0 Å². The number of nitrogens with zero attached hydrogens (tertiary/aromatic N) is 2. The summed E-state index contributed by atoms with van der Waals surface area (Å²) in [5.74, 6) is 0.517. The van der Waals surface area contributed by atoms with Crippen LogP contribution >= 0.6 is 11.6 Å². The van der Waals surface area contributed by atoms with E-state index in [4.69, 9.17) is 16.3 Å². The number of nitrogens with one attached hydrogen (secondary N) is 1. The van der Waals surface area contributed by atoms with Crippen molar-refractivity contribution in [2.24, 2.45) is 0 Å². The van der Waals surface area contributed by atoms with Crippen LogP contribution in [0.5, 0.6) is 5.75 Å². The van der Waals surface area contributed by atoms with Gasteiger partial charge < -0.3 is 15.0 Å². The molecule has 1 N–H and O–H groups in total.